The summed E-state index contributed by atoms with van der Waals surface area (Å²) >= 11 is 7.44. The lowest BCUT2D eigenvalue weighted by molar-refractivity contribution is -0.115. The van der Waals surface area contributed by atoms with E-state index in [2.05, 4.69) is 14.8 Å². The summed E-state index contributed by atoms with van der Waals surface area (Å²) in [5.41, 5.74) is 1.20. The molecule has 0 unspecified atom stereocenters. The molecular formula is C13H14ClN3OS. The summed E-state index contributed by atoms with van der Waals surface area (Å²) < 4.78 is 0. The van der Waals surface area contributed by atoms with Crippen LogP contribution in [-0.4, -0.2) is 47.9 Å². The van der Waals surface area contributed by atoms with Gasteiger partial charge in [-0.2, -0.15) is 4.99 Å². The van der Waals surface area contributed by atoms with E-state index >= 15 is 0 Å². The van der Waals surface area contributed by atoms with Crippen LogP contribution < -0.4 is 4.90 Å². The Balaban J connectivity index is 1.62. The number of rotatable bonds is 1. The van der Waals surface area contributed by atoms with Crippen molar-refractivity contribution in [2.45, 2.75) is 0 Å². The monoisotopic (exact) mass is 295 g/mol. The van der Waals surface area contributed by atoms with E-state index in [-0.39, 0.29) is 5.91 Å². The first-order chi connectivity index (χ1) is 9.22. The first kappa shape index (κ1) is 12.8. The second-order valence-corrected chi connectivity index (χ2v) is 5.91. The number of piperazine rings is 1. The van der Waals surface area contributed by atoms with E-state index in [0.717, 1.165) is 36.4 Å². The van der Waals surface area contributed by atoms with E-state index in [1.807, 2.05) is 24.3 Å². The first-order valence-corrected chi connectivity index (χ1v) is 7.58. The zero-order chi connectivity index (χ0) is 13.2. The molecule has 1 saturated heterocycles. The van der Waals surface area contributed by atoms with Crippen molar-refractivity contribution in [1.82, 2.24) is 4.90 Å². The Labute approximate surface area is 121 Å². The van der Waals surface area contributed by atoms with Gasteiger partial charge in [0.2, 0.25) is 0 Å². The van der Waals surface area contributed by atoms with Crippen LogP contribution in [0.3, 0.4) is 0 Å². The quantitative estimate of drug-likeness (QED) is 0.795. The molecule has 0 aliphatic carbocycles. The maximum absolute atomic E-state index is 11.2. The molecule has 0 saturated carbocycles. The van der Waals surface area contributed by atoms with E-state index in [1.54, 1.807) is 11.8 Å². The van der Waals surface area contributed by atoms with E-state index in [9.17, 15) is 4.79 Å². The Hall–Kier alpha value is -1.20. The molecule has 0 aromatic heterocycles. The van der Waals surface area contributed by atoms with Crippen molar-refractivity contribution in [3.63, 3.8) is 0 Å². The Kier molecular flexibility index (Phi) is 3.66. The summed E-state index contributed by atoms with van der Waals surface area (Å²) in [5, 5.41) is 1.65. The number of anilines is 1. The summed E-state index contributed by atoms with van der Waals surface area (Å²) in [4.78, 5) is 19.7. The van der Waals surface area contributed by atoms with Crippen LogP contribution in [0.5, 0.6) is 0 Å². The van der Waals surface area contributed by atoms with Gasteiger partial charge in [-0.25, -0.2) is 0 Å². The summed E-state index contributed by atoms with van der Waals surface area (Å²) in [6.45, 7) is 3.69. The topological polar surface area (TPSA) is 35.9 Å². The van der Waals surface area contributed by atoms with Crippen molar-refractivity contribution in [1.29, 1.82) is 0 Å². The largest absolute Gasteiger partial charge is 0.368 e. The van der Waals surface area contributed by atoms with Crippen molar-refractivity contribution < 1.29 is 4.79 Å². The zero-order valence-corrected chi connectivity index (χ0v) is 12.0. The molecule has 0 bridgehead atoms. The van der Waals surface area contributed by atoms with Crippen molar-refractivity contribution in [3.05, 3.63) is 29.3 Å². The highest BCUT2D eigenvalue weighted by atomic mass is 35.5. The average molecular weight is 296 g/mol. The van der Waals surface area contributed by atoms with E-state index in [1.165, 1.54) is 5.69 Å². The minimum atomic E-state index is -0.0138. The van der Waals surface area contributed by atoms with Crippen LogP contribution in [0.4, 0.5) is 5.69 Å². The zero-order valence-electron chi connectivity index (χ0n) is 10.4. The van der Waals surface area contributed by atoms with Crippen LogP contribution in [0.1, 0.15) is 0 Å². The lowest BCUT2D eigenvalue weighted by atomic mass is 10.2. The van der Waals surface area contributed by atoms with Gasteiger partial charge in [0.15, 0.2) is 5.17 Å². The number of carbonyl (C=O) groups is 1. The Morgan fingerprint density at radius 3 is 2.26 bits per heavy atom. The molecular weight excluding hydrogens is 282 g/mol. The maximum Gasteiger partial charge on any atom is 0.258 e. The van der Waals surface area contributed by atoms with Crippen molar-refractivity contribution >= 4 is 40.1 Å². The number of hydrogen-bond donors (Lipinski definition) is 0. The fourth-order valence-electron chi connectivity index (χ4n) is 2.27. The summed E-state index contributed by atoms with van der Waals surface area (Å²) in [6, 6.07) is 7.92. The highest BCUT2D eigenvalue weighted by Crippen LogP contribution is 2.22. The molecule has 1 aromatic carbocycles. The van der Waals surface area contributed by atoms with Gasteiger partial charge < -0.3 is 9.80 Å². The highest BCUT2D eigenvalue weighted by Gasteiger charge is 2.24. The van der Waals surface area contributed by atoms with Gasteiger partial charge >= 0.3 is 0 Å². The van der Waals surface area contributed by atoms with Crippen LogP contribution in [-0.2, 0) is 4.79 Å². The Bertz CT molecular complexity index is 509. The number of amides is 1. The summed E-state index contributed by atoms with van der Waals surface area (Å²) in [5.74, 6) is 0.479. The second-order valence-electron chi connectivity index (χ2n) is 4.53. The molecule has 2 aliphatic rings. The van der Waals surface area contributed by atoms with Crippen LogP contribution in [0.15, 0.2) is 29.3 Å². The molecule has 2 aliphatic heterocycles. The number of hydrogen-bond acceptors (Lipinski definition) is 4. The minimum Gasteiger partial charge on any atom is -0.368 e. The lowest BCUT2D eigenvalue weighted by Crippen LogP contribution is -2.47. The SMILES string of the molecule is O=C1CSC(N2CCN(c3ccc(Cl)cc3)CC2)=N1. The third-order valence-electron chi connectivity index (χ3n) is 3.29. The van der Waals surface area contributed by atoms with Crippen LogP contribution in [0.2, 0.25) is 5.02 Å². The van der Waals surface area contributed by atoms with Gasteiger partial charge in [0.05, 0.1) is 5.75 Å². The van der Waals surface area contributed by atoms with Gasteiger partial charge in [0.25, 0.3) is 5.91 Å². The maximum atomic E-state index is 11.2. The van der Waals surface area contributed by atoms with Crippen LogP contribution in [0, 0.1) is 0 Å². The first-order valence-electron chi connectivity index (χ1n) is 6.22. The molecule has 3 rings (SSSR count). The Morgan fingerprint density at radius 1 is 1.05 bits per heavy atom. The highest BCUT2D eigenvalue weighted by molar-refractivity contribution is 8.14. The minimum absolute atomic E-state index is 0.0138. The van der Waals surface area contributed by atoms with Crippen molar-refractivity contribution in [3.8, 4) is 0 Å². The van der Waals surface area contributed by atoms with E-state index < -0.39 is 0 Å². The van der Waals surface area contributed by atoms with E-state index in [0.29, 0.717) is 5.75 Å². The number of benzene rings is 1. The van der Waals surface area contributed by atoms with Gasteiger partial charge in [-0.1, -0.05) is 23.4 Å². The number of aliphatic imine (C=N–C) groups is 1. The van der Waals surface area contributed by atoms with Gasteiger partial charge in [-0.15, -0.1) is 0 Å². The predicted octanol–water partition coefficient (Wildman–Crippen LogP) is 2.09. The Morgan fingerprint density at radius 2 is 1.68 bits per heavy atom. The van der Waals surface area contributed by atoms with Crippen LogP contribution >= 0.6 is 23.4 Å². The number of amidine groups is 1. The molecule has 2 heterocycles. The smallest absolute Gasteiger partial charge is 0.258 e. The third-order valence-corrected chi connectivity index (χ3v) is 4.54. The fourth-order valence-corrected chi connectivity index (χ4v) is 3.24. The molecule has 0 radical (unpaired) electrons. The number of carbonyl (C=O) groups excluding carboxylic acids is 1. The molecule has 19 heavy (non-hydrogen) atoms. The van der Waals surface area contributed by atoms with Crippen molar-refractivity contribution in [2.24, 2.45) is 4.99 Å². The third kappa shape index (κ3) is 2.87. The fraction of sp³-hybridized carbons (Fsp3) is 0.385. The van der Waals surface area contributed by atoms with Gasteiger partial charge in [-0.05, 0) is 24.3 Å². The van der Waals surface area contributed by atoms with E-state index in [4.69, 9.17) is 11.6 Å². The number of nitrogens with zero attached hydrogens (tertiary/aromatic N) is 3. The molecule has 1 fully saturated rings. The molecule has 1 amide bonds. The number of halogens is 1. The second kappa shape index (κ2) is 5.43. The molecule has 0 atom stereocenters. The van der Waals surface area contributed by atoms with Gasteiger partial charge in [0, 0.05) is 36.9 Å². The lowest BCUT2D eigenvalue weighted by Gasteiger charge is -2.36. The van der Waals surface area contributed by atoms with Gasteiger partial charge in [-0.3, -0.25) is 4.79 Å². The van der Waals surface area contributed by atoms with Gasteiger partial charge in [0.1, 0.15) is 0 Å². The van der Waals surface area contributed by atoms with Crippen molar-refractivity contribution in [2.75, 3.05) is 36.8 Å². The molecule has 100 valence electrons. The molecule has 0 N–H and O–H groups in total. The van der Waals surface area contributed by atoms with Crippen LogP contribution in [0.25, 0.3) is 0 Å². The average Bonchev–Trinajstić information content (AvgIpc) is 2.87. The standard InChI is InChI=1S/C13H14ClN3OS/c14-10-1-3-11(4-2-10)16-5-7-17(8-6-16)13-15-12(18)9-19-13/h1-4H,5-9H2. The molecule has 0 spiro atoms. The molecule has 4 nitrogen and oxygen atoms in total. The molecule has 6 heteroatoms. The molecule has 1 aromatic rings. The normalized spacial score (nSPS) is 19.8. The predicted molar refractivity (Wildman–Crippen MR) is 80.1 cm³/mol. The summed E-state index contributed by atoms with van der Waals surface area (Å²) in [6.07, 6.45) is 0. The number of thioether (sulfide) groups is 1. The summed E-state index contributed by atoms with van der Waals surface area (Å²) in [7, 11) is 0.